The van der Waals surface area contributed by atoms with Crippen LogP contribution in [0.15, 0.2) is 91.1 Å². The fourth-order valence-corrected chi connectivity index (χ4v) is 4.95. The molecule has 5 rings (SSSR count). The van der Waals surface area contributed by atoms with Gasteiger partial charge in [-0.05, 0) is 62.2 Å². The van der Waals surface area contributed by atoms with Gasteiger partial charge < -0.3 is 25.8 Å². The Bertz CT molecular complexity index is 1400. The van der Waals surface area contributed by atoms with Crippen LogP contribution in [0.2, 0.25) is 0 Å². The Morgan fingerprint density at radius 1 is 0.977 bits per heavy atom. The Morgan fingerprint density at radius 2 is 1.60 bits per heavy atom. The van der Waals surface area contributed by atoms with E-state index in [2.05, 4.69) is 16.0 Å². The first-order valence-electron chi connectivity index (χ1n) is 14.5. The number of amides is 3. The van der Waals surface area contributed by atoms with E-state index < -0.39 is 48.1 Å². The second-order valence-electron chi connectivity index (χ2n) is 10.8. The summed E-state index contributed by atoms with van der Waals surface area (Å²) < 4.78 is 6.42. The van der Waals surface area contributed by atoms with E-state index in [1.54, 1.807) is 56.4 Å². The lowest BCUT2D eigenvalue weighted by atomic mass is 9.96. The first-order chi connectivity index (χ1) is 20.7. The van der Waals surface area contributed by atoms with Crippen LogP contribution in [-0.4, -0.2) is 58.9 Å². The molecule has 2 bridgehead atoms. The molecule has 6 unspecified atom stereocenters. The van der Waals surface area contributed by atoms with Crippen LogP contribution in [0.3, 0.4) is 0 Å². The molecule has 0 spiro atoms. The third-order valence-electron chi connectivity index (χ3n) is 7.84. The highest BCUT2D eigenvalue weighted by molar-refractivity contribution is 5.94. The first-order valence-corrected chi connectivity index (χ1v) is 14.5. The highest BCUT2D eigenvalue weighted by atomic mass is 16.5. The van der Waals surface area contributed by atoms with Gasteiger partial charge in [0.05, 0.1) is 0 Å². The van der Waals surface area contributed by atoms with Gasteiger partial charge >= 0.3 is 0 Å². The van der Waals surface area contributed by atoms with E-state index in [1.165, 1.54) is 6.20 Å². The molecule has 0 saturated heterocycles. The molecule has 9 heteroatoms. The largest absolute Gasteiger partial charge is 0.483 e. The van der Waals surface area contributed by atoms with Gasteiger partial charge in [-0.2, -0.15) is 0 Å². The van der Waals surface area contributed by atoms with E-state index >= 15 is 0 Å². The summed E-state index contributed by atoms with van der Waals surface area (Å²) in [6, 6.07) is 22.0. The number of carbonyl (C=O) groups excluding carboxylic acids is 3. The summed E-state index contributed by atoms with van der Waals surface area (Å²) in [5.41, 5.74) is 2.06. The van der Waals surface area contributed by atoms with E-state index in [4.69, 9.17) is 4.74 Å². The zero-order chi connectivity index (χ0) is 30.9. The number of fused-ring (bicyclic) bond motifs is 10. The summed E-state index contributed by atoms with van der Waals surface area (Å²) in [4.78, 5) is 42.8. The number of rotatable bonds is 8. The third kappa shape index (κ3) is 7.88. The molecule has 43 heavy (non-hydrogen) atoms. The summed E-state index contributed by atoms with van der Waals surface area (Å²) >= 11 is 0. The van der Waals surface area contributed by atoms with Gasteiger partial charge in [0.25, 0.3) is 0 Å². The number of hydrogen-bond acceptors (Lipinski definition) is 6. The van der Waals surface area contributed by atoms with Crippen molar-refractivity contribution in [3.8, 4) is 5.75 Å². The molecule has 0 saturated carbocycles. The van der Waals surface area contributed by atoms with Crippen LogP contribution in [0.1, 0.15) is 56.1 Å². The molecule has 6 atom stereocenters. The van der Waals surface area contributed by atoms with E-state index in [-0.39, 0.29) is 6.04 Å². The highest BCUT2D eigenvalue weighted by Gasteiger charge is 2.40. The number of ether oxygens (including phenoxy) is 1. The Morgan fingerprint density at radius 3 is 2.23 bits per heavy atom. The molecule has 0 aliphatic carbocycles. The molecule has 0 radical (unpaired) electrons. The number of aliphatic hydroxyl groups excluding tert-OH is 1. The second kappa shape index (κ2) is 14.6. The summed E-state index contributed by atoms with van der Waals surface area (Å²) in [5, 5.41) is 19.8. The predicted molar refractivity (Wildman–Crippen MR) is 166 cm³/mol. The van der Waals surface area contributed by atoms with E-state index in [9.17, 15) is 19.5 Å². The van der Waals surface area contributed by atoms with Crippen molar-refractivity contribution in [2.24, 2.45) is 0 Å². The van der Waals surface area contributed by atoms with Gasteiger partial charge in [-0.15, -0.1) is 0 Å². The summed E-state index contributed by atoms with van der Waals surface area (Å²) in [5.74, 6) is -1.10. The molecular formula is C34H40N4O5. The van der Waals surface area contributed by atoms with Gasteiger partial charge in [0.1, 0.15) is 30.0 Å². The van der Waals surface area contributed by atoms with Crippen molar-refractivity contribution in [1.29, 1.82) is 0 Å². The molecule has 9 nitrogen and oxygen atoms in total. The lowest BCUT2D eigenvalue weighted by Gasteiger charge is -2.37. The molecule has 3 amide bonds. The molecule has 3 aromatic carbocycles. The molecule has 0 aromatic heterocycles. The number of carbonyl (C=O) groups is 3. The van der Waals surface area contributed by atoms with Crippen LogP contribution in [0, 0.1) is 0 Å². The Labute approximate surface area is 252 Å². The SMILES string of the molecule is CCC(C)N(C)C(C(=O)NC1C(=O)NC(C)C(=O)NC=Cc2ccc(cc2)OC1c1ccccc1)C(O)c1ccccc1. The average Bonchev–Trinajstić information content (AvgIpc) is 3.03. The summed E-state index contributed by atoms with van der Waals surface area (Å²) in [6.07, 6.45) is 1.85. The zero-order valence-electron chi connectivity index (χ0n) is 24.9. The standard InChI is InChI=1S/C34H40N4O5/c1-5-22(2)38(4)29(30(39)25-12-8-6-9-13-25)34(42)37-28-31(26-14-10-7-11-15-26)43-27-18-16-24(17-19-27)20-21-35-32(40)23(3)36-33(28)41/h6-23,28-31,39H,5H2,1-4H3,(H,35,40)(H,36,41)(H,37,42). The lowest BCUT2D eigenvalue weighted by molar-refractivity contribution is -0.138. The van der Waals surface area contributed by atoms with Crippen LogP contribution in [0.25, 0.3) is 6.08 Å². The topological polar surface area (TPSA) is 120 Å². The third-order valence-corrected chi connectivity index (χ3v) is 7.84. The number of likely N-dealkylation sites (N-methyl/N-ethyl adjacent to an activating group) is 1. The van der Waals surface area contributed by atoms with Gasteiger partial charge in [0.15, 0.2) is 6.10 Å². The van der Waals surface area contributed by atoms with Crippen LogP contribution >= 0.6 is 0 Å². The number of hydrogen-bond donors (Lipinski definition) is 4. The Kier molecular flexibility index (Phi) is 10.7. The molecule has 226 valence electrons. The minimum atomic E-state index is -1.26. The predicted octanol–water partition coefficient (Wildman–Crippen LogP) is 3.73. The van der Waals surface area contributed by atoms with Crippen molar-refractivity contribution in [1.82, 2.24) is 20.9 Å². The summed E-state index contributed by atoms with van der Waals surface area (Å²) in [7, 11) is 1.78. The summed E-state index contributed by atoms with van der Waals surface area (Å²) in [6.45, 7) is 5.54. The van der Waals surface area contributed by atoms with Crippen molar-refractivity contribution in [2.75, 3.05) is 7.05 Å². The normalized spacial score (nSPS) is 21.1. The molecule has 3 aromatic rings. The fraction of sp³-hybridized carbons (Fsp3) is 0.324. The highest BCUT2D eigenvalue weighted by Crippen LogP contribution is 2.28. The van der Waals surface area contributed by atoms with Crippen LogP contribution in [0.5, 0.6) is 5.75 Å². The van der Waals surface area contributed by atoms with Crippen LogP contribution < -0.4 is 20.7 Å². The average molecular weight is 585 g/mol. The number of nitrogens with zero attached hydrogens (tertiary/aromatic N) is 1. The number of nitrogens with one attached hydrogen (secondary N) is 3. The molecule has 2 aliphatic rings. The van der Waals surface area contributed by atoms with Crippen molar-refractivity contribution in [2.45, 2.75) is 63.6 Å². The quantitative estimate of drug-likeness (QED) is 0.320. The smallest absolute Gasteiger partial charge is 0.247 e. The van der Waals surface area contributed by atoms with Gasteiger partial charge in [0, 0.05) is 12.2 Å². The van der Waals surface area contributed by atoms with Crippen molar-refractivity contribution < 1.29 is 24.2 Å². The maximum Gasteiger partial charge on any atom is 0.247 e. The van der Waals surface area contributed by atoms with Crippen molar-refractivity contribution >= 4 is 23.8 Å². The van der Waals surface area contributed by atoms with Crippen LogP contribution in [-0.2, 0) is 14.4 Å². The molecule has 0 fully saturated rings. The maximum atomic E-state index is 14.2. The molecule has 2 aliphatic heterocycles. The first kappa shape index (κ1) is 31.5. The van der Waals surface area contributed by atoms with E-state index in [0.29, 0.717) is 16.9 Å². The molecular weight excluding hydrogens is 544 g/mol. The molecule has 4 N–H and O–H groups in total. The van der Waals surface area contributed by atoms with Gasteiger partial charge in [-0.25, -0.2) is 0 Å². The van der Waals surface area contributed by atoms with Gasteiger partial charge in [-0.1, -0.05) is 79.7 Å². The minimum Gasteiger partial charge on any atom is -0.483 e. The number of benzene rings is 3. The number of aliphatic hydroxyl groups is 1. The van der Waals surface area contributed by atoms with E-state index in [0.717, 1.165) is 12.0 Å². The maximum absolute atomic E-state index is 14.2. The lowest BCUT2D eigenvalue weighted by Crippen LogP contribution is -2.59. The minimum absolute atomic E-state index is 0.0524. The van der Waals surface area contributed by atoms with E-state index in [1.807, 2.05) is 67.3 Å². The van der Waals surface area contributed by atoms with Crippen molar-refractivity contribution in [3.63, 3.8) is 0 Å². The van der Waals surface area contributed by atoms with Gasteiger partial charge in [-0.3, -0.25) is 19.3 Å². The van der Waals surface area contributed by atoms with Crippen molar-refractivity contribution in [3.05, 3.63) is 108 Å². The monoisotopic (exact) mass is 584 g/mol. The second-order valence-corrected chi connectivity index (χ2v) is 10.8. The van der Waals surface area contributed by atoms with Crippen LogP contribution in [0.4, 0.5) is 0 Å². The Balaban J connectivity index is 1.78. The van der Waals surface area contributed by atoms with Gasteiger partial charge in [0.2, 0.25) is 17.7 Å². The fourth-order valence-electron chi connectivity index (χ4n) is 4.95. The Hall–Kier alpha value is -4.47. The zero-order valence-corrected chi connectivity index (χ0v) is 24.9. The molecule has 2 heterocycles.